The van der Waals surface area contributed by atoms with E-state index in [1.807, 2.05) is 18.0 Å². The van der Waals surface area contributed by atoms with Crippen LogP contribution in [0.4, 0.5) is 11.4 Å². The standard InChI is InChI=1S/C13H21N3O4/c1-14-13-10(5-4-6-12(13)16(18)19)7-15(2)8-11(17)9-20-3/h4-6,11,14,17H,7-9H2,1-3H3. The van der Waals surface area contributed by atoms with Crippen LogP contribution in [0, 0.1) is 10.1 Å². The Labute approximate surface area is 118 Å². The molecule has 7 nitrogen and oxygen atoms in total. The van der Waals surface area contributed by atoms with Crippen molar-refractivity contribution in [1.29, 1.82) is 0 Å². The first kappa shape index (κ1) is 16.4. The highest BCUT2D eigenvalue weighted by molar-refractivity contribution is 5.66. The van der Waals surface area contributed by atoms with Crippen molar-refractivity contribution in [2.45, 2.75) is 12.6 Å². The molecule has 1 atom stereocenters. The second-order valence-corrected chi connectivity index (χ2v) is 4.62. The maximum absolute atomic E-state index is 11.0. The molecule has 0 amide bonds. The van der Waals surface area contributed by atoms with Crippen molar-refractivity contribution in [2.24, 2.45) is 0 Å². The van der Waals surface area contributed by atoms with E-state index in [0.717, 1.165) is 5.56 Å². The zero-order chi connectivity index (χ0) is 15.1. The fraction of sp³-hybridized carbons (Fsp3) is 0.538. The Hall–Kier alpha value is -1.70. The van der Waals surface area contributed by atoms with Gasteiger partial charge >= 0.3 is 0 Å². The molecule has 0 spiro atoms. The molecule has 1 rings (SSSR count). The number of nitro benzene ring substituents is 1. The molecule has 0 bridgehead atoms. The highest BCUT2D eigenvalue weighted by atomic mass is 16.6. The van der Waals surface area contributed by atoms with Gasteiger partial charge in [0.15, 0.2) is 0 Å². The summed E-state index contributed by atoms with van der Waals surface area (Å²) in [6.07, 6.45) is -0.582. The Bertz CT molecular complexity index is 453. The summed E-state index contributed by atoms with van der Waals surface area (Å²) >= 11 is 0. The van der Waals surface area contributed by atoms with E-state index in [4.69, 9.17) is 4.74 Å². The van der Waals surface area contributed by atoms with E-state index in [2.05, 4.69) is 5.32 Å². The van der Waals surface area contributed by atoms with Gasteiger partial charge in [0.1, 0.15) is 5.69 Å². The summed E-state index contributed by atoms with van der Waals surface area (Å²) < 4.78 is 4.87. The number of anilines is 1. The first-order valence-corrected chi connectivity index (χ1v) is 6.29. The van der Waals surface area contributed by atoms with Crippen LogP contribution in [-0.2, 0) is 11.3 Å². The number of benzene rings is 1. The molecule has 0 fully saturated rings. The summed E-state index contributed by atoms with van der Waals surface area (Å²) in [5.41, 5.74) is 1.37. The average Bonchev–Trinajstić information content (AvgIpc) is 2.38. The summed E-state index contributed by atoms with van der Waals surface area (Å²) in [5.74, 6) is 0. The molecule has 1 aromatic rings. The number of rotatable bonds is 8. The Morgan fingerprint density at radius 2 is 2.25 bits per heavy atom. The molecule has 0 aromatic heterocycles. The number of likely N-dealkylation sites (N-methyl/N-ethyl adjacent to an activating group) is 1. The summed E-state index contributed by atoms with van der Waals surface area (Å²) in [7, 11) is 5.03. The number of hydrogen-bond donors (Lipinski definition) is 2. The summed E-state index contributed by atoms with van der Waals surface area (Å²) in [6, 6.07) is 4.96. The molecule has 0 saturated heterocycles. The van der Waals surface area contributed by atoms with Crippen LogP contribution in [0.25, 0.3) is 0 Å². The number of aliphatic hydroxyl groups excluding tert-OH is 1. The van der Waals surface area contributed by atoms with Gasteiger partial charge in [-0.25, -0.2) is 0 Å². The molecule has 112 valence electrons. The monoisotopic (exact) mass is 283 g/mol. The normalized spacial score (nSPS) is 12.4. The molecule has 2 N–H and O–H groups in total. The maximum atomic E-state index is 11.0. The molecule has 0 radical (unpaired) electrons. The van der Waals surface area contributed by atoms with Crippen LogP contribution >= 0.6 is 0 Å². The summed E-state index contributed by atoms with van der Waals surface area (Å²) in [6.45, 7) is 1.19. The van der Waals surface area contributed by atoms with Crippen LogP contribution in [-0.4, -0.2) is 55.4 Å². The average molecular weight is 283 g/mol. The number of nitrogens with one attached hydrogen (secondary N) is 1. The second kappa shape index (κ2) is 7.78. The van der Waals surface area contributed by atoms with Gasteiger partial charge in [-0.15, -0.1) is 0 Å². The Morgan fingerprint density at radius 3 is 2.80 bits per heavy atom. The lowest BCUT2D eigenvalue weighted by Crippen LogP contribution is -2.31. The van der Waals surface area contributed by atoms with Crippen molar-refractivity contribution in [2.75, 3.05) is 39.7 Å². The van der Waals surface area contributed by atoms with Crippen LogP contribution in [0.3, 0.4) is 0 Å². The highest BCUT2D eigenvalue weighted by Gasteiger charge is 2.17. The SMILES string of the molecule is CNc1c(CN(C)CC(O)COC)cccc1[N+](=O)[O-]. The van der Waals surface area contributed by atoms with E-state index in [1.165, 1.54) is 13.2 Å². The van der Waals surface area contributed by atoms with Crippen LogP contribution in [0.2, 0.25) is 0 Å². The molecule has 0 saturated carbocycles. The number of aliphatic hydroxyl groups is 1. The zero-order valence-corrected chi connectivity index (χ0v) is 12.0. The van der Waals surface area contributed by atoms with Gasteiger partial charge in [-0.3, -0.25) is 15.0 Å². The summed E-state index contributed by atoms with van der Waals surface area (Å²) in [4.78, 5) is 12.5. The van der Waals surface area contributed by atoms with Crippen molar-refractivity contribution in [1.82, 2.24) is 4.90 Å². The van der Waals surface area contributed by atoms with Crippen molar-refractivity contribution >= 4 is 11.4 Å². The third-order valence-corrected chi connectivity index (χ3v) is 2.90. The van der Waals surface area contributed by atoms with Crippen LogP contribution < -0.4 is 5.32 Å². The Kier molecular flexibility index (Phi) is 6.37. The minimum Gasteiger partial charge on any atom is -0.389 e. The Balaban J connectivity index is 2.81. The predicted octanol–water partition coefficient (Wildman–Crippen LogP) is 1.08. The number of ether oxygens (including phenoxy) is 1. The number of nitro groups is 1. The molecule has 0 aliphatic carbocycles. The molecule has 1 unspecified atom stereocenters. The van der Waals surface area contributed by atoms with Crippen molar-refractivity contribution in [3.05, 3.63) is 33.9 Å². The zero-order valence-electron chi connectivity index (χ0n) is 12.0. The van der Waals surface area contributed by atoms with Gasteiger partial charge < -0.3 is 15.2 Å². The first-order chi connectivity index (χ1) is 9.49. The largest absolute Gasteiger partial charge is 0.389 e. The number of hydrogen-bond acceptors (Lipinski definition) is 6. The van der Waals surface area contributed by atoms with Gasteiger partial charge in [-0.1, -0.05) is 12.1 Å². The predicted molar refractivity (Wildman–Crippen MR) is 76.9 cm³/mol. The van der Waals surface area contributed by atoms with E-state index in [-0.39, 0.29) is 12.3 Å². The lowest BCUT2D eigenvalue weighted by atomic mass is 10.1. The quantitative estimate of drug-likeness (QED) is 0.548. The second-order valence-electron chi connectivity index (χ2n) is 4.62. The van der Waals surface area contributed by atoms with Gasteiger partial charge in [-0.05, 0) is 12.6 Å². The van der Waals surface area contributed by atoms with Gasteiger partial charge in [-0.2, -0.15) is 0 Å². The number of methoxy groups -OCH3 is 1. The topological polar surface area (TPSA) is 87.9 Å². The molecular weight excluding hydrogens is 262 g/mol. The molecular formula is C13H21N3O4. The van der Waals surface area contributed by atoms with Gasteiger partial charge in [0.2, 0.25) is 0 Å². The third-order valence-electron chi connectivity index (χ3n) is 2.90. The van der Waals surface area contributed by atoms with E-state index in [9.17, 15) is 15.2 Å². The van der Waals surface area contributed by atoms with Crippen LogP contribution in [0.15, 0.2) is 18.2 Å². The van der Waals surface area contributed by atoms with E-state index in [0.29, 0.717) is 18.8 Å². The maximum Gasteiger partial charge on any atom is 0.292 e. The van der Waals surface area contributed by atoms with Gasteiger partial charge in [0.25, 0.3) is 5.69 Å². The van der Waals surface area contributed by atoms with Crippen LogP contribution in [0.5, 0.6) is 0 Å². The smallest absolute Gasteiger partial charge is 0.292 e. The summed E-state index contributed by atoms with van der Waals surface area (Å²) in [5, 5.41) is 23.5. The first-order valence-electron chi connectivity index (χ1n) is 6.29. The number of nitrogens with zero attached hydrogens (tertiary/aromatic N) is 2. The third kappa shape index (κ3) is 4.44. The molecule has 1 aromatic carbocycles. The van der Waals surface area contributed by atoms with Gasteiger partial charge in [0.05, 0.1) is 17.6 Å². The molecule has 20 heavy (non-hydrogen) atoms. The van der Waals surface area contributed by atoms with Gasteiger partial charge in [0, 0.05) is 33.3 Å². The van der Waals surface area contributed by atoms with Crippen molar-refractivity contribution < 1.29 is 14.8 Å². The van der Waals surface area contributed by atoms with E-state index < -0.39 is 11.0 Å². The van der Waals surface area contributed by atoms with E-state index in [1.54, 1.807) is 13.1 Å². The minimum atomic E-state index is -0.582. The van der Waals surface area contributed by atoms with Crippen molar-refractivity contribution in [3.8, 4) is 0 Å². The minimum absolute atomic E-state index is 0.0517. The number of para-hydroxylation sites is 1. The van der Waals surface area contributed by atoms with E-state index >= 15 is 0 Å². The Morgan fingerprint density at radius 1 is 1.55 bits per heavy atom. The lowest BCUT2D eigenvalue weighted by molar-refractivity contribution is -0.384. The van der Waals surface area contributed by atoms with Crippen LogP contribution in [0.1, 0.15) is 5.56 Å². The molecule has 0 aliphatic rings. The fourth-order valence-corrected chi connectivity index (χ4v) is 2.12. The molecule has 7 heteroatoms. The molecule has 0 aliphatic heterocycles. The molecule has 0 heterocycles. The highest BCUT2D eigenvalue weighted by Crippen LogP contribution is 2.28. The van der Waals surface area contributed by atoms with Crippen molar-refractivity contribution in [3.63, 3.8) is 0 Å². The lowest BCUT2D eigenvalue weighted by Gasteiger charge is -2.21. The fourth-order valence-electron chi connectivity index (χ4n) is 2.12.